The number of rotatable bonds is 4. The fourth-order valence-corrected chi connectivity index (χ4v) is 3.19. The molecule has 28 heavy (non-hydrogen) atoms. The first-order valence-corrected chi connectivity index (χ1v) is 9.38. The van der Waals surface area contributed by atoms with Crippen LogP contribution in [0.1, 0.15) is 76.8 Å². The standard InChI is InChI=1S/C23H25NO4/c1-14(2)24-20(25)18-11-8-16(12-19(18)21(24)26)22(27)28-13-15-6-9-17(10-7-15)23(3,4)5/h6-12,14H,13H2,1-5H3. The summed E-state index contributed by atoms with van der Waals surface area (Å²) < 4.78 is 5.39. The van der Waals surface area contributed by atoms with Crippen molar-refractivity contribution in [3.63, 3.8) is 0 Å². The summed E-state index contributed by atoms with van der Waals surface area (Å²) in [4.78, 5) is 38.4. The normalized spacial score (nSPS) is 13.9. The summed E-state index contributed by atoms with van der Waals surface area (Å²) >= 11 is 0. The molecule has 5 heteroatoms. The van der Waals surface area contributed by atoms with Crippen LogP contribution in [0.15, 0.2) is 42.5 Å². The number of esters is 1. The van der Waals surface area contributed by atoms with E-state index in [0.717, 1.165) is 5.56 Å². The van der Waals surface area contributed by atoms with Crippen molar-refractivity contribution in [2.45, 2.75) is 52.7 Å². The number of ether oxygens (including phenoxy) is 1. The summed E-state index contributed by atoms with van der Waals surface area (Å²) in [5, 5.41) is 0. The van der Waals surface area contributed by atoms with Gasteiger partial charge in [0.25, 0.3) is 11.8 Å². The van der Waals surface area contributed by atoms with Crippen LogP contribution in [0.3, 0.4) is 0 Å². The number of benzene rings is 2. The van der Waals surface area contributed by atoms with Gasteiger partial charge in [-0.25, -0.2) is 4.79 Å². The van der Waals surface area contributed by atoms with Gasteiger partial charge < -0.3 is 4.74 Å². The zero-order chi connectivity index (χ0) is 20.6. The van der Waals surface area contributed by atoms with Gasteiger partial charge in [-0.1, -0.05) is 45.0 Å². The molecular formula is C23H25NO4. The Kier molecular flexibility index (Phi) is 5.11. The van der Waals surface area contributed by atoms with E-state index in [1.54, 1.807) is 13.8 Å². The van der Waals surface area contributed by atoms with Crippen LogP contribution in [0.25, 0.3) is 0 Å². The van der Waals surface area contributed by atoms with Gasteiger partial charge in [0.1, 0.15) is 6.61 Å². The van der Waals surface area contributed by atoms with Crippen molar-refractivity contribution in [3.05, 3.63) is 70.3 Å². The van der Waals surface area contributed by atoms with Crippen LogP contribution in [-0.4, -0.2) is 28.7 Å². The van der Waals surface area contributed by atoms with Gasteiger partial charge in [-0.15, -0.1) is 0 Å². The van der Waals surface area contributed by atoms with Gasteiger partial charge in [0.15, 0.2) is 0 Å². The highest BCUT2D eigenvalue weighted by atomic mass is 16.5. The van der Waals surface area contributed by atoms with Gasteiger partial charge in [-0.3, -0.25) is 14.5 Å². The molecule has 0 N–H and O–H groups in total. The van der Waals surface area contributed by atoms with Gasteiger partial charge in [0.05, 0.1) is 16.7 Å². The van der Waals surface area contributed by atoms with Crippen molar-refractivity contribution < 1.29 is 19.1 Å². The molecule has 2 aromatic carbocycles. The molecule has 2 amide bonds. The van der Waals surface area contributed by atoms with Crippen molar-refractivity contribution in [3.8, 4) is 0 Å². The minimum absolute atomic E-state index is 0.0630. The van der Waals surface area contributed by atoms with E-state index in [0.29, 0.717) is 5.56 Å². The minimum Gasteiger partial charge on any atom is -0.457 e. The Bertz CT molecular complexity index is 936. The Morgan fingerprint density at radius 2 is 1.57 bits per heavy atom. The second-order valence-electron chi connectivity index (χ2n) is 8.36. The molecular weight excluding hydrogens is 354 g/mol. The molecule has 1 aliphatic heterocycles. The average molecular weight is 379 g/mol. The molecule has 0 unspecified atom stereocenters. The number of carbonyl (C=O) groups excluding carboxylic acids is 3. The topological polar surface area (TPSA) is 63.7 Å². The summed E-state index contributed by atoms with van der Waals surface area (Å²) in [6, 6.07) is 12.2. The maximum atomic E-state index is 12.5. The Hall–Kier alpha value is -2.95. The Morgan fingerprint density at radius 3 is 2.14 bits per heavy atom. The van der Waals surface area contributed by atoms with E-state index in [-0.39, 0.29) is 41.0 Å². The van der Waals surface area contributed by atoms with Crippen LogP contribution in [0.5, 0.6) is 0 Å². The predicted molar refractivity (Wildman–Crippen MR) is 106 cm³/mol. The fourth-order valence-electron chi connectivity index (χ4n) is 3.19. The second kappa shape index (κ2) is 7.23. The minimum atomic E-state index is -0.522. The van der Waals surface area contributed by atoms with Crippen LogP contribution >= 0.6 is 0 Å². The molecule has 0 saturated heterocycles. The van der Waals surface area contributed by atoms with E-state index in [1.165, 1.54) is 28.7 Å². The van der Waals surface area contributed by atoms with Crippen LogP contribution in [0.2, 0.25) is 0 Å². The lowest BCUT2D eigenvalue weighted by atomic mass is 9.87. The van der Waals surface area contributed by atoms with E-state index in [9.17, 15) is 14.4 Å². The second-order valence-corrected chi connectivity index (χ2v) is 8.36. The van der Waals surface area contributed by atoms with E-state index in [2.05, 4.69) is 20.8 Å². The summed E-state index contributed by atoms with van der Waals surface area (Å²) in [6.07, 6.45) is 0. The number of hydrogen-bond donors (Lipinski definition) is 0. The molecule has 2 aromatic rings. The largest absolute Gasteiger partial charge is 0.457 e. The number of imide groups is 1. The third kappa shape index (κ3) is 3.70. The highest BCUT2D eigenvalue weighted by Gasteiger charge is 2.37. The highest BCUT2D eigenvalue weighted by Crippen LogP contribution is 2.26. The first kappa shape index (κ1) is 19.8. The van der Waals surface area contributed by atoms with Crippen LogP contribution < -0.4 is 0 Å². The molecule has 0 saturated carbocycles. The molecule has 1 heterocycles. The molecule has 146 valence electrons. The number of amides is 2. The molecule has 0 aromatic heterocycles. The van der Waals surface area contributed by atoms with E-state index in [4.69, 9.17) is 4.74 Å². The fraction of sp³-hybridized carbons (Fsp3) is 0.348. The molecule has 5 nitrogen and oxygen atoms in total. The maximum Gasteiger partial charge on any atom is 0.338 e. The van der Waals surface area contributed by atoms with Crippen molar-refractivity contribution in [2.24, 2.45) is 0 Å². The van der Waals surface area contributed by atoms with Crippen molar-refractivity contribution in [2.75, 3.05) is 0 Å². The first-order chi connectivity index (χ1) is 13.1. The van der Waals surface area contributed by atoms with Crippen LogP contribution in [0.4, 0.5) is 0 Å². The molecule has 0 bridgehead atoms. The van der Waals surface area contributed by atoms with Gasteiger partial charge >= 0.3 is 5.97 Å². The zero-order valence-corrected chi connectivity index (χ0v) is 16.9. The van der Waals surface area contributed by atoms with Crippen LogP contribution in [0, 0.1) is 0 Å². The number of nitrogens with zero attached hydrogens (tertiary/aromatic N) is 1. The molecule has 3 rings (SSSR count). The maximum absolute atomic E-state index is 12.5. The molecule has 0 fully saturated rings. The van der Waals surface area contributed by atoms with Crippen molar-refractivity contribution in [1.82, 2.24) is 4.90 Å². The Morgan fingerprint density at radius 1 is 0.964 bits per heavy atom. The smallest absolute Gasteiger partial charge is 0.338 e. The van der Waals surface area contributed by atoms with E-state index in [1.807, 2.05) is 24.3 Å². The van der Waals surface area contributed by atoms with E-state index >= 15 is 0 Å². The molecule has 0 atom stereocenters. The van der Waals surface area contributed by atoms with Crippen molar-refractivity contribution in [1.29, 1.82) is 0 Å². The van der Waals surface area contributed by atoms with Gasteiger partial charge in [-0.2, -0.15) is 0 Å². The molecule has 0 aliphatic carbocycles. The monoisotopic (exact) mass is 379 g/mol. The van der Waals surface area contributed by atoms with Gasteiger partial charge in [-0.05, 0) is 48.6 Å². The third-order valence-electron chi connectivity index (χ3n) is 4.86. The summed E-state index contributed by atoms with van der Waals surface area (Å²) in [7, 11) is 0. The van der Waals surface area contributed by atoms with Crippen molar-refractivity contribution >= 4 is 17.8 Å². The predicted octanol–water partition coefficient (Wildman–Crippen LogP) is 4.35. The number of hydrogen-bond acceptors (Lipinski definition) is 4. The highest BCUT2D eigenvalue weighted by molar-refractivity contribution is 6.22. The van der Waals surface area contributed by atoms with E-state index < -0.39 is 5.97 Å². The lowest BCUT2D eigenvalue weighted by Gasteiger charge is -2.19. The van der Waals surface area contributed by atoms with Gasteiger partial charge in [0.2, 0.25) is 0 Å². The first-order valence-electron chi connectivity index (χ1n) is 9.38. The Labute approximate surface area is 165 Å². The summed E-state index contributed by atoms with van der Waals surface area (Å²) in [5.74, 6) is -1.22. The SMILES string of the molecule is CC(C)N1C(=O)c2ccc(C(=O)OCc3ccc(C(C)(C)C)cc3)cc2C1=O. The summed E-state index contributed by atoms with van der Waals surface area (Å²) in [6.45, 7) is 10.1. The number of carbonyl (C=O) groups is 3. The zero-order valence-electron chi connectivity index (χ0n) is 16.9. The Balaban J connectivity index is 1.71. The summed E-state index contributed by atoms with van der Waals surface area (Å²) in [5.41, 5.74) is 3.00. The third-order valence-corrected chi connectivity index (χ3v) is 4.86. The number of fused-ring (bicyclic) bond motifs is 1. The van der Waals surface area contributed by atoms with Gasteiger partial charge in [0, 0.05) is 6.04 Å². The average Bonchev–Trinajstić information content (AvgIpc) is 2.89. The quantitative estimate of drug-likeness (QED) is 0.585. The molecule has 0 radical (unpaired) electrons. The lowest BCUT2D eigenvalue weighted by molar-refractivity contribution is 0.0472. The molecule has 1 aliphatic rings. The lowest BCUT2D eigenvalue weighted by Crippen LogP contribution is -2.35. The molecule has 0 spiro atoms. The van der Waals surface area contributed by atoms with Crippen LogP contribution in [-0.2, 0) is 16.8 Å².